The predicted octanol–water partition coefficient (Wildman–Crippen LogP) is 2.79. The number of ether oxygens (including phenoxy) is 1. The van der Waals surface area contributed by atoms with E-state index in [0.29, 0.717) is 23.2 Å². The van der Waals surface area contributed by atoms with Crippen LogP contribution in [0.4, 0.5) is 4.39 Å². The van der Waals surface area contributed by atoms with Gasteiger partial charge < -0.3 is 9.84 Å². The Morgan fingerprint density at radius 1 is 1.50 bits per heavy atom. The quantitative estimate of drug-likeness (QED) is 0.778. The van der Waals surface area contributed by atoms with Gasteiger partial charge in [-0.3, -0.25) is 0 Å². The molecule has 1 N–H and O–H groups in total. The lowest BCUT2D eigenvalue weighted by Crippen LogP contribution is -2.00. The molecule has 0 radical (unpaired) electrons. The van der Waals surface area contributed by atoms with Crippen LogP contribution in [0.1, 0.15) is 24.5 Å². The molecule has 1 aliphatic heterocycles. The molecule has 0 bridgehead atoms. The molecule has 4 heteroatoms. The smallest absolute Gasteiger partial charge is 0.142 e. The Kier molecular flexibility index (Phi) is 2.74. The third-order valence-electron chi connectivity index (χ3n) is 2.30. The second-order valence-electron chi connectivity index (χ2n) is 3.28. The third kappa shape index (κ3) is 1.64. The first-order chi connectivity index (χ1) is 6.70. The van der Waals surface area contributed by atoms with E-state index in [4.69, 9.17) is 4.74 Å². The summed E-state index contributed by atoms with van der Waals surface area (Å²) in [7, 11) is 0. The van der Waals surface area contributed by atoms with Gasteiger partial charge in [0.25, 0.3) is 0 Å². The van der Waals surface area contributed by atoms with E-state index in [1.807, 2.05) is 0 Å². The van der Waals surface area contributed by atoms with E-state index in [1.54, 1.807) is 6.07 Å². The van der Waals surface area contributed by atoms with E-state index in [1.165, 1.54) is 6.07 Å². The average molecular weight is 261 g/mol. The lowest BCUT2D eigenvalue weighted by molar-refractivity contribution is 0.163. The zero-order chi connectivity index (χ0) is 10.1. The molecule has 14 heavy (non-hydrogen) atoms. The van der Waals surface area contributed by atoms with E-state index in [-0.39, 0.29) is 5.56 Å². The van der Waals surface area contributed by atoms with Gasteiger partial charge in [0.2, 0.25) is 0 Å². The van der Waals surface area contributed by atoms with E-state index < -0.39 is 11.9 Å². The van der Waals surface area contributed by atoms with Crippen molar-refractivity contribution < 1.29 is 14.2 Å². The largest absolute Gasteiger partial charge is 0.492 e. The van der Waals surface area contributed by atoms with E-state index >= 15 is 0 Å². The Bertz CT molecular complexity index is 354. The molecule has 0 saturated carbocycles. The van der Waals surface area contributed by atoms with Crippen molar-refractivity contribution in [2.24, 2.45) is 0 Å². The number of benzene rings is 1. The summed E-state index contributed by atoms with van der Waals surface area (Å²) in [6, 6.07) is 2.92. The Hall–Kier alpha value is -0.610. The van der Waals surface area contributed by atoms with Crippen LogP contribution in [-0.2, 0) is 0 Å². The predicted molar refractivity (Wildman–Crippen MR) is 53.8 cm³/mol. The summed E-state index contributed by atoms with van der Waals surface area (Å²) in [6.45, 7) is 0.520. The number of halogens is 2. The zero-order valence-electron chi connectivity index (χ0n) is 7.46. The number of hydrogen-bond acceptors (Lipinski definition) is 2. The van der Waals surface area contributed by atoms with Crippen molar-refractivity contribution in [1.82, 2.24) is 0 Å². The lowest BCUT2D eigenvalue weighted by Gasteiger charge is -2.13. The Labute approximate surface area is 89.8 Å². The van der Waals surface area contributed by atoms with Crippen molar-refractivity contribution >= 4 is 15.9 Å². The van der Waals surface area contributed by atoms with Gasteiger partial charge in [0.05, 0.1) is 22.7 Å². The van der Waals surface area contributed by atoms with Crippen molar-refractivity contribution in [3.05, 3.63) is 28.0 Å². The molecule has 76 valence electrons. The van der Waals surface area contributed by atoms with E-state index in [0.717, 1.165) is 6.42 Å². The van der Waals surface area contributed by atoms with Crippen LogP contribution in [0, 0.1) is 5.82 Å². The van der Waals surface area contributed by atoms with Gasteiger partial charge >= 0.3 is 0 Å². The zero-order valence-corrected chi connectivity index (χ0v) is 9.05. The summed E-state index contributed by atoms with van der Waals surface area (Å²) >= 11 is 3.28. The highest BCUT2D eigenvalue weighted by atomic mass is 79.9. The summed E-state index contributed by atoms with van der Waals surface area (Å²) in [5.74, 6) is 0.0348. The molecule has 1 unspecified atom stereocenters. The average Bonchev–Trinajstić information content (AvgIpc) is 2.35. The molecule has 1 aromatic rings. The van der Waals surface area contributed by atoms with Gasteiger partial charge in [-0.15, -0.1) is 0 Å². The molecule has 1 aromatic carbocycles. The van der Waals surface area contributed by atoms with Gasteiger partial charge in [-0.05, 0) is 40.9 Å². The van der Waals surface area contributed by atoms with E-state index in [2.05, 4.69) is 15.9 Å². The fourth-order valence-corrected chi connectivity index (χ4v) is 2.06. The second-order valence-corrected chi connectivity index (χ2v) is 4.13. The molecule has 1 atom stereocenters. The molecule has 0 aliphatic carbocycles. The molecule has 0 amide bonds. The van der Waals surface area contributed by atoms with Crippen LogP contribution in [0.25, 0.3) is 0 Å². The second kappa shape index (κ2) is 3.87. The highest BCUT2D eigenvalue weighted by Crippen LogP contribution is 2.38. The summed E-state index contributed by atoms with van der Waals surface area (Å²) in [6.07, 6.45) is 0.521. The van der Waals surface area contributed by atoms with Crippen LogP contribution in [0.2, 0.25) is 0 Å². The van der Waals surface area contributed by atoms with Crippen LogP contribution >= 0.6 is 15.9 Å². The van der Waals surface area contributed by atoms with Crippen molar-refractivity contribution in [1.29, 1.82) is 0 Å². The normalized spacial score (nSPS) is 20.9. The number of rotatable bonds is 0. The van der Waals surface area contributed by atoms with Crippen LogP contribution in [0.3, 0.4) is 0 Å². The number of aliphatic hydroxyl groups is 1. The van der Waals surface area contributed by atoms with Gasteiger partial charge in [-0.1, -0.05) is 0 Å². The van der Waals surface area contributed by atoms with Crippen molar-refractivity contribution in [2.45, 2.75) is 18.9 Å². The van der Waals surface area contributed by atoms with Crippen molar-refractivity contribution in [3.8, 4) is 5.75 Å². The molecule has 2 rings (SSSR count). The first-order valence-corrected chi connectivity index (χ1v) is 5.28. The van der Waals surface area contributed by atoms with Crippen LogP contribution < -0.4 is 4.74 Å². The minimum Gasteiger partial charge on any atom is -0.492 e. The van der Waals surface area contributed by atoms with Gasteiger partial charge in [-0.25, -0.2) is 4.39 Å². The van der Waals surface area contributed by atoms with Crippen LogP contribution in [0.5, 0.6) is 5.75 Å². The SMILES string of the molecule is OC1CCCOc2c(Br)ccc(F)c21. The Morgan fingerprint density at radius 3 is 3.07 bits per heavy atom. The summed E-state index contributed by atoms with van der Waals surface area (Å²) < 4.78 is 19.5. The highest BCUT2D eigenvalue weighted by molar-refractivity contribution is 9.10. The molecule has 2 nitrogen and oxygen atoms in total. The van der Waals surface area contributed by atoms with Crippen molar-refractivity contribution in [2.75, 3.05) is 6.61 Å². The molecule has 0 aromatic heterocycles. The Morgan fingerprint density at radius 2 is 2.29 bits per heavy atom. The molecule has 0 spiro atoms. The summed E-state index contributed by atoms with van der Waals surface area (Å²) in [4.78, 5) is 0. The fourth-order valence-electron chi connectivity index (χ4n) is 1.60. The molecule has 0 fully saturated rings. The molecule has 1 aliphatic rings. The lowest BCUT2D eigenvalue weighted by atomic mass is 10.0. The van der Waals surface area contributed by atoms with Gasteiger partial charge in [0, 0.05) is 0 Å². The minimum absolute atomic E-state index is 0.275. The molecular formula is C10H10BrFO2. The number of fused-ring (bicyclic) bond motifs is 1. The monoisotopic (exact) mass is 260 g/mol. The number of aliphatic hydroxyl groups excluding tert-OH is 1. The van der Waals surface area contributed by atoms with Crippen molar-refractivity contribution in [3.63, 3.8) is 0 Å². The standard InChI is InChI=1S/C10H10BrFO2/c11-6-3-4-7(12)9-8(13)2-1-5-14-10(6)9/h3-4,8,13H,1-2,5H2. The minimum atomic E-state index is -0.759. The number of hydrogen-bond donors (Lipinski definition) is 1. The van der Waals surface area contributed by atoms with Gasteiger partial charge in [-0.2, -0.15) is 0 Å². The topological polar surface area (TPSA) is 29.5 Å². The van der Waals surface area contributed by atoms with Gasteiger partial charge in [0.1, 0.15) is 11.6 Å². The molecule has 1 heterocycles. The highest BCUT2D eigenvalue weighted by Gasteiger charge is 2.23. The maximum atomic E-state index is 13.4. The fraction of sp³-hybridized carbons (Fsp3) is 0.400. The first-order valence-electron chi connectivity index (χ1n) is 4.49. The first kappa shape index (κ1) is 9.93. The van der Waals surface area contributed by atoms with Crippen LogP contribution in [0.15, 0.2) is 16.6 Å². The van der Waals surface area contributed by atoms with Gasteiger partial charge in [0.15, 0.2) is 0 Å². The maximum Gasteiger partial charge on any atom is 0.142 e. The van der Waals surface area contributed by atoms with E-state index in [9.17, 15) is 9.50 Å². The Balaban J connectivity index is 2.57. The summed E-state index contributed by atoms with van der Waals surface area (Å²) in [5, 5.41) is 9.71. The third-order valence-corrected chi connectivity index (χ3v) is 2.92. The van der Waals surface area contributed by atoms with Crippen LogP contribution in [-0.4, -0.2) is 11.7 Å². The summed E-state index contributed by atoms with van der Waals surface area (Å²) in [5.41, 5.74) is 0.275. The molecule has 0 saturated heterocycles. The maximum absolute atomic E-state index is 13.4. The molecular weight excluding hydrogens is 251 g/mol.